The van der Waals surface area contributed by atoms with Crippen molar-refractivity contribution < 1.29 is 19.4 Å². The molecule has 1 amide bonds. The van der Waals surface area contributed by atoms with Crippen molar-refractivity contribution in [2.75, 3.05) is 13.2 Å². The summed E-state index contributed by atoms with van der Waals surface area (Å²) in [6, 6.07) is 0. The maximum atomic E-state index is 11.1. The minimum atomic E-state index is -1.03. The van der Waals surface area contributed by atoms with Crippen LogP contribution in [0.3, 0.4) is 0 Å². The number of rotatable bonds is 5. The van der Waals surface area contributed by atoms with Gasteiger partial charge in [0, 0.05) is 6.61 Å². The fraction of sp³-hybridized carbons (Fsp3) is 0.750. The third kappa shape index (κ3) is 3.02. The van der Waals surface area contributed by atoms with E-state index in [1.807, 2.05) is 6.92 Å². The molecule has 13 heavy (non-hydrogen) atoms. The molecule has 0 saturated heterocycles. The van der Waals surface area contributed by atoms with Crippen LogP contribution in [0.4, 0.5) is 0 Å². The van der Waals surface area contributed by atoms with Gasteiger partial charge in [0.25, 0.3) is 0 Å². The summed E-state index contributed by atoms with van der Waals surface area (Å²) in [4.78, 5) is 21.2. The number of carbonyl (C=O) groups excluding carboxylic acids is 1. The van der Waals surface area contributed by atoms with E-state index in [4.69, 9.17) is 9.84 Å². The van der Waals surface area contributed by atoms with Crippen LogP contribution in [0.25, 0.3) is 0 Å². The van der Waals surface area contributed by atoms with Gasteiger partial charge in [0.15, 0.2) is 0 Å². The number of ether oxygens (including phenoxy) is 1. The molecule has 2 unspecified atom stereocenters. The van der Waals surface area contributed by atoms with Crippen LogP contribution in [0.5, 0.6) is 0 Å². The van der Waals surface area contributed by atoms with Crippen LogP contribution < -0.4 is 5.32 Å². The zero-order valence-corrected chi connectivity index (χ0v) is 7.45. The van der Waals surface area contributed by atoms with E-state index in [0.717, 1.165) is 0 Å². The van der Waals surface area contributed by atoms with Gasteiger partial charge >= 0.3 is 5.97 Å². The first-order valence-electron chi connectivity index (χ1n) is 4.26. The SMILES string of the molecule is CCOC1CC1C(=O)NCC(=O)O. The van der Waals surface area contributed by atoms with Crippen LogP contribution in [0.15, 0.2) is 0 Å². The number of carboxylic acid groups (broad SMARTS) is 1. The van der Waals surface area contributed by atoms with E-state index in [2.05, 4.69) is 5.32 Å². The van der Waals surface area contributed by atoms with Crippen molar-refractivity contribution in [2.24, 2.45) is 5.92 Å². The quantitative estimate of drug-likeness (QED) is 0.614. The molecule has 0 aromatic rings. The van der Waals surface area contributed by atoms with E-state index < -0.39 is 5.97 Å². The van der Waals surface area contributed by atoms with E-state index in [-0.39, 0.29) is 24.5 Å². The molecule has 1 aliphatic rings. The van der Waals surface area contributed by atoms with Gasteiger partial charge in [-0.15, -0.1) is 0 Å². The van der Waals surface area contributed by atoms with Gasteiger partial charge in [-0.25, -0.2) is 0 Å². The Hall–Kier alpha value is -1.10. The molecule has 5 heteroatoms. The zero-order valence-electron chi connectivity index (χ0n) is 7.45. The Morgan fingerprint density at radius 1 is 1.62 bits per heavy atom. The number of hydrogen-bond donors (Lipinski definition) is 2. The fourth-order valence-electron chi connectivity index (χ4n) is 1.14. The number of carbonyl (C=O) groups is 2. The van der Waals surface area contributed by atoms with Gasteiger partial charge in [0.2, 0.25) is 5.91 Å². The van der Waals surface area contributed by atoms with Crippen molar-refractivity contribution in [1.29, 1.82) is 0 Å². The Morgan fingerprint density at radius 2 is 2.31 bits per heavy atom. The highest BCUT2D eigenvalue weighted by Crippen LogP contribution is 2.33. The number of amides is 1. The van der Waals surface area contributed by atoms with E-state index in [1.54, 1.807) is 0 Å². The first kappa shape index (κ1) is 9.98. The molecule has 0 bridgehead atoms. The lowest BCUT2D eigenvalue weighted by Gasteiger charge is -2.01. The highest BCUT2D eigenvalue weighted by Gasteiger charge is 2.43. The van der Waals surface area contributed by atoms with Crippen molar-refractivity contribution in [1.82, 2.24) is 5.32 Å². The second-order valence-electron chi connectivity index (χ2n) is 2.95. The molecule has 2 atom stereocenters. The van der Waals surface area contributed by atoms with Gasteiger partial charge in [-0.2, -0.15) is 0 Å². The second kappa shape index (κ2) is 4.23. The maximum Gasteiger partial charge on any atom is 0.322 e. The highest BCUT2D eigenvalue weighted by molar-refractivity contribution is 5.85. The molecule has 0 aliphatic heterocycles. The van der Waals surface area contributed by atoms with Crippen LogP contribution in [0.1, 0.15) is 13.3 Å². The molecule has 5 nitrogen and oxygen atoms in total. The van der Waals surface area contributed by atoms with Gasteiger partial charge in [-0.1, -0.05) is 0 Å². The first-order chi connectivity index (χ1) is 6.15. The topological polar surface area (TPSA) is 75.6 Å². The second-order valence-corrected chi connectivity index (χ2v) is 2.95. The lowest BCUT2D eigenvalue weighted by atomic mass is 10.4. The molecule has 0 spiro atoms. The molecular formula is C8H13NO4. The molecule has 1 saturated carbocycles. The van der Waals surface area contributed by atoms with Gasteiger partial charge in [-0.05, 0) is 13.3 Å². The Balaban J connectivity index is 2.16. The number of carboxylic acids is 1. The summed E-state index contributed by atoms with van der Waals surface area (Å²) in [5.74, 6) is -1.39. The van der Waals surface area contributed by atoms with Gasteiger partial charge in [-0.3, -0.25) is 9.59 Å². The summed E-state index contributed by atoms with van der Waals surface area (Å²) >= 11 is 0. The van der Waals surface area contributed by atoms with Crippen LogP contribution in [-0.2, 0) is 14.3 Å². The maximum absolute atomic E-state index is 11.1. The van der Waals surface area contributed by atoms with E-state index >= 15 is 0 Å². The average molecular weight is 187 g/mol. The summed E-state index contributed by atoms with van der Waals surface area (Å²) < 4.78 is 5.19. The Labute approximate surface area is 76.1 Å². The molecule has 74 valence electrons. The smallest absolute Gasteiger partial charge is 0.322 e. The average Bonchev–Trinajstić information content (AvgIpc) is 2.80. The predicted octanol–water partition coefficient (Wildman–Crippen LogP) is -0.388. The summed E-state index contributed by atoms with van der Waals surface area (Å²) in [7, 11) is 0. The molecule has 1 rings (SSSR count). The highest BCUT2D eigenvalue weighted by atomic mass is 16.5. The number of hydrogen-bond acceptors (Lipinski definition) is 3. The lowest BCUT2D eigenvalue weighted by Crippen LogP contribution is -2.31. The monoisotopic (exact) mass is 187 g/mol. The Kier molecular flexibility index (Phi) is 3.25. The van der Waals surface area contributed by atoms with Crippen molar-refractivity contribution in [3.8, 4) is 0 Å². The lowest BCUT2D eigenvalue weighted by molar-refractivity contribution is -0.138. The van der Waals surface area contributed by atoms with Crippen molar-refractivity contribution >= 4 is 11.9 Å². The Morgan fingerprint density at radius 3 is 2.85 bits per heavy atom. The van der Waals surface area contributed by atoms with Crippen molar-refractivity contribution in [3.63, 3.8) is 0 Å². The van der Waals surface area contributed by atoms with Gasteiger partial charge in [0.05, 0.1) is 12.0 Å². The molecule has 0 aromatic heterocycles. The van der Waals surface area contributed by atoms with Crippen LogP contribution in [0.2, 0.25) is 0 Å². The van der Waals surface area contributed by atoms with Gasteiger partial charge in [0.1, 0.15) is 6.54 Å². The molecule has 0 aromatic carbocycles. The van der Waals surface area contributed by atoms with E-state index in [9.17, 15) is 9.59 Å². The minimum Gasteiger partial charge on any atom is -0.480 e. The fourth-order valence-corrected chi connectivity index (χ4v) is 1.14. The van der Waals surface area contributed by atoms with Crippen LogP contribution in [0, 0.1) is 5.92 Å². The summed E-state index contributed by atoms with van der Waals surface area (Å²) in [6.07, 6.45) is 0.707. The van der Waals surface area contributed by atoms with E-state index in [1.165, 1.54) is 0 Å². The summed E-state index contributed by atoms with van der Waals surface area (Å²) in [6.45, 7) is 2.14. The summed E-state index contributed by atoms with van der Waals surface area (Å²) in [5.41, 5.74) is 0. The van der Waals surface area contributed by atoms with Crippen LogP contribution in [-0.4, -0.2) is 36.2 Å². The molecular weight excluding hydrogens is 174 g/mol. The first-order valence-corrected chi connectivity index (χ1v) is 4.26. The van der Waals surface area contributed by atoms with Crippen LogP contribution >= 0.6 is 0 Å². The minimum absolute atomic E-state index is 0.00112. The van der Waals surface area contributed by atoms with Crippen molar-refractivity contribution in [3.05, 3.63) is 0 Å². The number of nitrogens with one attached hydrogen (secondary N) is 1. The van der Waals surface area contributed by atoms with Gasteiger partial charge < -0.3 is 15.2 Å². The molecule has 1 fully saturated rings. The third-order valence-corrected chi connectivity index (χ3v) is 1.86. The normalized spacial score (nSPS) is 25.3. The molecule has 0 radical (unpaired) electrons. The Bertz CT molecular complexity index is 216. The molecule has 2 N–H and O–H groups in total. The largest absolute Gasteiger partial charge is 0.480 e. The summed E-state index contributed by atoms with van der Waals surface area (Å²) in [5, 5.41) is 10.6. The molecule has 0 heterocycles. The standard InChI is InChI=1S/C8H13NO4/c1-2-13-6-3-5(6)8(12)9-4-7(10)11/h5-6H,2-4H2,1H3,(H,9,12)(H,10,11). The molecule has 1 aliphatic carbocycles. The van der Waals surface area contributed by atoms with E-state index in [0.29, 0.717) is 13.0 Å². The zero-order chi connectivity index (χ0) is 9.84. The number of aliphatic carboxylic acids is 1. The van der Waals surface area contributed by atoms with Crippen molar-refractivity contribution in [2.45, 2.75) is 19.4 Å². The third-order valence-electron chi connectivity index (χ3n) is 1.86. The predicted molar refractivity (Wildman–Crippen MR) is 44.2 cm³/mol.